The molecule has 0 aliphatic heterocycles. The summed E-state index contributed by atoms with van der Waals surface area (Å²) in [5.41, 5.74) is 1.73. The lowest BCUT2D eigenvalue weighted by Crippen LogP contribution is -2.36. The summed E-state index contributed by atoms with van der Waals surface area (Å²) in [6.45, 7) is 0.273. The maximum absolute atomic E-state index is 13.8. The summed E-state index contributed by atoms with van der Waals surface area (Å²) in [5.74, 6) is -3.06. The van der Waals surface area contributed by atoms with Crippen LogP contribution in [0.4, 0.5) is 14.5 Å². The van der Waals surface area contributed by atoms with Crippen LogP contribution < -0.4 is 5.32 Å². The third-order valence-corrected chi connectivity index (χ3v) is 5.12. The van der Waals surface area contributed by atoms with Crippen molar-refractivity contribution in [1.82, 2.24) is 0 Å². The van der Waals surface area contributed by atoms with Crippen molar-refractivity contribution in [2.24, 2.45) is 5.92 Å². The Morgan fingerprint density at radius 3 is 2.50 bits per heavy atom. The highest BCUT2D eigenvalue weighted by Gasteiger charge is 2.40. The van der Waals surface area contributed by atoms with Crippen LogP contribution in [0, 0.1) is 5.92 Å². The smallest absolute Gasteiger partial charge is 0.252 e. The third kappa shape index (κ3) is 5.23. The lowest BCUT2D eigenvalue weighted by molar-refractivity contribution is -0.0802. The number of benzene rings is 1. The van der Waals surface area contributed by atoms with Gasteiger partial charge in [-0.1, -0.05) is 18.6 Å². The molecular weight excluding hydrogens is 308 g/mol. The summed E-state index contributed by atoms with van der Waals surface area (Å²) in [7, 11) is -2.97. The lowest BCUT2D eigenvalue weighted by Gasteiger charge is -2.31. The van der Waals surface area contributed by atoms with E-state index < -0.39 is 21.7 Å². The van der Waals surface area contributed by atoms with Gasteiger partial charge >= 0.3 is 0 Å². The van der Waals surface area contributed by atoms with E-state index in [9.17, 15) is 17.2 Å². The van der Waals surface area contributed by atoms with Crippen molar-refractivity contribution >= 4 is 15.5 Å². The van der Waals surface area contributed by atoms with Gasteiger partial charge in [0.05, 0.1) is 5.75 Å². The van der Waals surface area contributed by atoms with E-state index in [4.69, 9.17) is 0 Å². The lowest BCUT2D eigenvalue weighted by atomic mass is 9.85. The third-order valence-electron chi connectivity index (χ3n) is 4.18. The molecule has 0 aromatic heterocycles. The number of hydrogen-bond donors (Lipinski definition) is 1. The van der Waals surface area contributed by atoms with E-state index in [0.29, 0.717) is 19.3 Å². The van der Waals surface area contributed by atoms with E-state index in [1.807, 2.05) is 24.3 Å². The van der Waals surface area contributed by atoms with Gasteiger partial charge in [-0.15, -0.1) is 0 Å². The first-order valence-electron chi connectivity index (χ1n) is 7.65. The molecule has 1 fully saturated rings. The van der Waals surface area contributed by atoms with Crippen molar-refractivity contribution < 1.29 is 17.2 Å². The molecule has 1 saturated carbocycles. The molecule has 0 heterocycles. The minimum atomic E-state index is -2.97. The van der Waals surface area contributed by atoms with Crippen molar-refractivity contribution in [3.8, 4) is 0 Å². The highest BCUT2D eigenvalue weighted by molar-refractivity contribution is 7.90. The van der Waals surface area contributed by atoms with Crippen LogP contribution in [0.2, 0.25) is 0 Å². The molecule has 2 rings (SSSR count). The van der Waals surface area contributed by atoms with E-state index in [1.54, 1.807) is 0 Å². The van der Waals surface area contributed by atoms with E-state index in [2.05, 4.69) is 5.32 Å². The molecule has 1 aromatic carbocycles. The summed E-state index contributed by atoms with van der Waals surface area (Å²) in [4.78, 5) is 0. The number of rotatable bonds is 6. The van der Waals surface area contributed by atoms with Crippen molar-refractivity contribution in [1.29, 1.82) is 0 Å². The molecule has 0 bridgehead atoms. The van der Waals surface area contributed by atoms with Crippen LogP contribution in [0.5, 0.6) is 0 Å². The second-order valence-corrected chi connectivity index (χ2v) is 8.42. The molecule has 22 heavy (non-hydrogen) atoms. The molecule has 1 aromatic rings. The fourth-order valence-electron chi connectivity index (χ4n) is 2.75. The predicted molar refractivity (Wildman–Crippen MR) is 85.3 cm³/mol. The molecule has 124 valence electrons. The summed E-state index contributed by atoms with van der Waals surface area (Å²) < 4.78 is 49.8. The van der Waals surface area contributed by atoms with Crippen LogP contribution >= 0.6 is 0 Å². The Morgan fingerprint density at radius 2 is 1.91 bits per heavy atom. The van der Waals surface area contributed by atoms with Crippen molar-refractivity contribution in [2.45, 2.75) is 38.0 Å². The van der Waals surface area contributed by atoms with Crippen molar-refractivity contribution in [3.05, 3.63) is 29.8 Å². The predicted octanol–water partition coefficient (Wildman–Crippen LogP) is 3.51. The van der Waals surface area contributed by atoms with E-state index in [-0.39, 0.29) is 18.7 Å². The number of anilines is 1. The first-order valence-corrected chi connectivity index (χ1v) is 9.71. The molecule has 0 spiro atoms. The van der Waals surface area contributed by atoms with Gasteiger partial charge in [0.25, 0.3) is 5.92 Å². The Hall–Kier alpha value is -1.17. The largest absolute Gasteiger partial charge is 0.385 e. The molecule has 0 radical (unpaired) electrons. The summed E-state index contributed by atoms with van der Waals surface area (Å²) in [5, 5.41) is 3.07. The molecule has 1 aliphatic rings. The zero-order chi connectivity index (χ0) is 16.2. The van der Waals surface area contributed by atoms with Crippen LogP contribution in [-0.2, 0) is 16.3 Å². The Balaban J connectivity index is 1.86. The molecule has 0 amide bonds. The van der Waals surface area contributed by atoms with Crippen LogP contribution in [0.3, 0.4) is 0 Å². The Bertz CT molecular complexity index is 585. The van der Waals surface area contributed by atoms with Gasteiger partial charge in [-0.05, 0) is 37.0 Å². The SMILES string of the molecule is CS(=O)(=O)CCc1ccc(NCC2CCCCC2(F)F)cc1. The van der Waals surface area contributed by atoms with Crippen LogP contribution in [0.15, 0.2) is 24.3 Å². The average Bonchev–Trinajstić information content (AvgIpc) is 2.44. The van der Waals surface area contributed by atoms with Crippen LogP contribution in [0.25, 0.3) is 0 Å². The van der Waals surface area contributed by atoms with Gasteiger partial charge in [0.1, 0.15) is 9.84 Å². The number of hydrogen-bond acceptors (Lipinski definition) is 3. The second kappa shape index (κ2) is 6.94. The number of alkyl halides is 2. The molecule has 1 unspecified atom stereocenters. The standard InChI is InChI=1S/C16H23F2NO2S/c1-22(20,21)11-9-13-5-7-15(8-6-13)19-12-14-4-2-3-10-16(14,17)18/h5-8,14,19H,2-4,9-12H2,1H3. The van der Waals surface area contributed by atoms with Crippen LogP contribution in [0.1, 0.15) is 31.2 Å². The molecular formula is C16H23F2NO2S. The summed E-state index contributed by atoms with van der Waals surface area (Å²) in [6.07, 6.45) is 3.72. The molecule has 1 N–H and O–H groups in total. The highest BCUT2D eigenvalue weighted by Crippen LogP contribution is 2.38. The van der Waals surface area contributed by atoms with Gasteiger partial charge in [0.15, 0.2) is 0 Å². The van der Waals surface area contributed by atoms with Gasteiger partial charge in [-0.3, -0.25) is 0 Å². The van der Waals surface area contributed by atoms with Gasteiger partial charge < -0.3 is 5.32 Å². The highest BCUT2D eigenvalue weighted by atomic mass is 32.2. The number of nitrogens with one attached hydrogen (secondary N) is 1. The first-order chi connectivity index (χ1) is 10.3. The van der Waals surface area contributed by atoms with Crippen molar-refractivity contribution in [3.63, 3.8) is 0 Å². The van der Waals surface area contributed by atoms with Crippen molar-refractivity contribution in [2.75, 3.05) is 23.9 Å². The van der Waals surface area contributed by atoms with Gasteiger partial charge in [0, 0.05) is 30.8 Å². The zero-order valence-corrected chi connectivity index (χ0v) is 13.6. The maximum atomic E-state index is 13.8. The minimum Gasteiger partial charge on any atom is -0.385 e. The molecule has 6 heteroatoms. The summed E-state index contributed by atoms with van der Waals surface area (Å²) >= 11 is 0. The normalized spacial score (nSPS) is 21.5. The summed E-state index contributed by atoms with van der Waals surface area (Å²) in [6, 6.07) is 7.32. The number of halogens is 2. The number of sulfone groups is 1. The molecule has 1 aliphatic carbocycles. The van der Waals surface area contributed by atoms with E-state index in [1.165, 1.54) is 6.26 Å². The monoisotopic (exact) mass is 331 g/mol. The fourth-order valence-corrected chi connectivity index (χ4v) is 3.36. The Kier molecular flexibility index (Phi) is 5.42. The van der Waals surface area contributed by atoms with Gasteiger partial charge in [-0.2, -0.15) is 0 Å². The van der Waals surface area contributed by atoms with Gasteiger partial charge in [0.2, 0.25) is 0 Å². The topological polar surface area (TPSA) is 46.2 Å². The molecule has 3 nitrogen and oxygen atoms in total. The van der Waals surface area contributed by atoms with E-state index in [0.717, 1.165) is 17.7 Å². The molecule has 1 atom stereocenters. The first kappa shape index (κ1) is 17.2. The Labute approximate surface area is 131 Å². The second-order valence-electron chi connectivity index (χ2n) is 6.16. The van der Waals surface area contributed by atoms with Crippen LogP contribution in [-0.4, -0.2) is 32.9 Å². The van der Waals surface area contributed by atoms with E-state index >= 15 is 0 Å². The number of aryl methyl sites for hydroxylation is 1. The quantitative estimate of drug-likeness (QED) is 0.868. The minimum absolute atomic E-state index is 0.0101. The Morgan fingerprint density at radius 1 is 1.23 bits per heavy atom. The zero-order valence-electron chi connectivity index (χ0n) is 12.8. The van der Waals surface area contributed by atoms with Gasteiger partial charge in [-0.25, -0.2) is 17.2 Å². The molecule has 0 saturated heterocycles. The fraction of sp³-hybridized carbons (Fsp3) is 0.625. The average molecular weight is 331 g/mol. The maximum Gasteiger partial charge on any atom is 0.252 e.